The molecule has 2 aliphatic carbocycles. The number of benzene rings is 4. The van der Waals surface area contributed by atoms with Gasteiger partial charge in [0.05, 0.1) is 0 Å². The molecule has 2 aliphatic rings. The lowest BCUT2D eigenvalue weighted by Gasteiger charge is -2.38. The van der Waals surface area contributed by atoms with E-state index < -0.39 is 0 Å². The van der Waals surface area contributed by atoms with Crippen LogP contribution in [0.15, 0.2) is 49.6 Å². The topological polar surface area (TPSA) is 0 Å². The predicted molar refractivity (Wildman–Crippen MR) is 256 cm³/mol. The highest BCUT2D eigenvalue weighted by molar-refractivity contribution is 6.38. The summed E-state index contributed by atoms with van der Waals surface area (Å²) in [5, 5.41) is 2.96. The molecule has 0 amide bonds. The quantitative estimate of drug-likeness (QED) is 0.126. The van der Waals surface area contributed by atoms with E-state index in [9.17, 15) is 0 Å². The van der Waals surface area contributed by atoms with Crippen LogP contribution in [-0.4, -0.2) is 0 Å². The van der Waals surface area contributed by atoms with Crippen molar-refractivity contribution in [2.45, 2.75) is 173 Å². The van der Waals surface area contributed by atoms with E-state index >= 15 is 0 Å². The first-order chi connectivity index (χ1) is 26.7. The van der Waals surface area contributed by atoms with Crippen molar-refractivity contribution in [2.75, 3.05) is 0 Å². The van der Waals surface area contributed by atoms with Crippen LogP contribution < -0.4 is 0 Å². The fourth-order valence-corrected chi connectivity index (χ4v) is 11.7. The fourth-order valence-electron chi connectivity index (χ4n) is 11.7. The molecule has 0 heteroatoms. The smallest absolute Gasteiger partial charge is 0.0171 e. The van der Waals surface area contributed by atoms with Crippen LogP contribution in [0.1, 0.15) is 221 Å². The van der Waals surface area contributed by atoms with E-state index in [4.69, 9.17) is 0 Å². The second kappa shape index (κ2) is 15.4. The Kier molecular flexibility index (Phi) is 11.5. The molecule has 0 unspecified atom stereocenters. The maximum atomic E-state index is 4.34. The summed E-state index contributed by atoms with van der Waals surface area (Å²) in [5.74, 6) is 2.24. The van der Waals surface area contributed by atoms with E-state index in [0.717, 1.165) is 12.8 Å². The van der Waals surface area contributed by atoms with Crippen molar-refractivity contribution in [1.82, 2.24) is 0 Å². The lowest BCUT2D eigenvalue weighted by Crippen LogP contribution is -2.22. The monoisotopic (exact) mass is 759 g/mol. The van der Waals surface area contributed by atoms with Crippen LogP contribution in [0.5, 0.6) is 0 Å². The van der Waals surface area contributed by atoms with Gasteiger partial charge in [-0.15, -0.1) is 13.2 Å². The third-order valence-electron chi connectivity index (χ3n) is 13.8. The zero-order chi connectivity index (χ0) is 42.3. The van der Waals surface area contributed by atoms with E-state index in [1.807, 2.05) is 0 Å². The molecule has 4 aromatic carbocycles. The standard InChI is InChI=1S/C57H74/c1-21-23-39-25-26-40(29(3)4)51(46(39)32(9)10)55-52-43-28-36(16)44(30(5)6)49-37(17)35(15)27-42(50(43)49)53(52)56(57(55,19)20)54-47(33(11)12)41(24-22-2)38(18)45(31(7)8)48(54)34(13)14/h21-22,25-34H,1-2,23-24H2,3-20H3. The summed E-state index contributed by atoms with van der Waals surface area (Å²) >= 11 is 0. The van der Waals surface area contributed by atoms with Crippen LogP contribution in [0.4, 0.5) is 0 Å². The average Bonchev–Trinajstić information content (AvgIpc) is 3.52. The third kappa shape index (κ3) is 6.39. The summed E-state index contributed by atoms with van der Waals surface area (Å²) < 4.78 is 0. The molecule has 6 rings (SSSR count). The summed E-state index contributed by atoms with van der Waals surface area (Å²) in [6, 6.07) is 10.1. The Morgan fingerprint density at radius 3 is 1.47 bits per heavy atom. The van der Waals surface area contributed by atoms with Gasteiger partial charge in [-0.2, -0.15) is 0 Å². The van der Waals surface area contributed by atoms with E-state index in [-0.39, 0.29) is 5.41 Å². The maximum absolute atomic E-state index is 4.34. The molecule has 302 valence electrons. The van der Waals surface area contributed by atoms with Crippen molar-refractivity contribution < 1.29 is 0 Å². The molecule has 57 heavy (non-hydrogen) atoms. The number of hydrogen-bond donors (Lipinski definition) is 0. The molecule has 0 saturated carbocycles. The molecule has 0 radical (unpaired) electrons. The van der Waals surface area contributed by atoms with E-state index in [2.05, 4.69) is 174 Å². The van der Waals surface area contributed by atoms with Gasteiger partial charge >= 0.3 is 0 Å². The van der Waals surface area contributed by atoms with Crippen molar-refractivity contribution in [3.05, 3.63) is 139 Å². The minimum atomic E-state index is -0.305. The van der Waals surface area contributed by atoms with Gasteiger partial charge in [-0.3, -0.25) is 0 Å². The maximum Gasteiger partial charge on any atom is 0.0171 e. The number of fused-ring (bicyclic) bond motifs is 3. The van der Waals surface area contributed by atoms with Gasteiger partial charge in [-0.25, -0.2) is 0 Å². The molecule has 0 heterocycles. The molecular weight excluding hydrogens is 685 g/mol. The Bertz CT molecular complexity index is 2380. The third-order valence-corrected chi connectivity index (χ3v) is 13.8. The molecule has 0 atom stereocenters. The minimum absolute atomic E-state index is 0.305. The predicted octanol–water partition coefficient (Wildman–Crippen LogP) is 17.1. The Balaban J connectivity index is 2.02. The highest BCUT2D eigenvalue weighted by Crippen LogP contribution is 2.68. The van der Waals surface area contributed by atoms with Gasteiger partial charge in [0.15, 0.2) is 0 Å². The Labute approximate surface area is 348 Å². The molecule has 0 spiro atoms. The highest BCUT2D eigenvalue weighted by Gasteiger charge is 2.49. The summed E-state index contributed by atoms with van der Waals surface area (Å²) in [7, 11) is 0. The Morgan fingerprint density at radius 2 is 1.00 bits per heavy atom. The van der Waals surface area contributed by atoms with Gasteiger partial charge in [0.2, 0.25) is 0 Å². The van der Waals surface area contributed by atoms with Gasteiger partial charge in [0, 0.05) is 5.41 Å². The zero-order valence-electron chi connectivity index (χ0n) is 39.3. The number of rotatable bonds is 12. The van der Waals surface area contributed by atoms with E-state index in [1.165, 1.54) is 117 Å². The number of aryl methyl sites for hydroxylation is 3. The largest absolute Gasteiger partial charge is 0.103 e. The molecule has 0 fully saturated rings. The van der Waals surface area contributed by atoms with Crippen LogP contribution in [0.3, 0.4) is 0 Å². The van der Waals surface area contributed by atoms with Crippen LogP contribution in [0.2, 0.25) is 0 Å². The van der Waals surface area contributed by atoms with Gasteiger partial charge < -0.3 is 0 Å². The van der Waals surface area contributed by atoms with Gasteiger partial charge in [-0.05, 0) is 198 Å². The zero-order valence-corrected chi connectivity index (χ0v) is 39.3. The van der Waals surface area contributed by atoms with Crippen molar-refractivity contribution in [3.8, 4) is 0 Å². The SMILES string of the molecule is C=CCc1ccc(C(C)C)c(C2=C3C(=C(c4c(C(C)C)c(CC=C)c(C)c(C(C)C)c4C(C)C)C2(C)C)c2cc(C)c(C)c4c(C(C)C)c(C)cc3c24)c1C(C)C. The van der Waals surface area contributed by atoms with Crippen molar-refractivity contribution in [1.29, 1.82) is 0 Å². The average molecular weight is 759 g/mol. The molecule has 0 aliphatic heterocycles. The lowest BCUT2D eigenvalue weighted by molar-refractivity contribution is 0.666. The van der Waals surface area contributed by atoms with Crippen LogP contribution in [-0.2, 0) is 12.8 Å². The fraction of sp³-hybridized carbons (Fsp3) is 0.474. The van der Waals surface area contributed by atoms with E-state index in [0.29, 0.717) is 35.5 Å². The number of allylic oxidation sites excluding steroid dienone is 6. The van der Waals surface area contributed by atoms with Crippen LogP contribution >= 0.6 is 0 Å². The Morgan fingerprint density at radius 1 is 0.509 bits per heavy atom. The van der Waals surface area contributed by atoms with E-state index in [1.54, 1.807) is 5.56 Å². The first kappa shape index (κ1) is 42.7. The first-order valence-corrected chi connectivity index (χ1v) is 22.3. The summed E-state index contributed by atoms with van der Waals surface area (Å²) in [6.45, 7) is 52.3. The van der Waals surface area contributed by atoms with Gasteiger partial charge in [0.1, 0.15) is 0 Å². The molecule has 0 saturated heterocycles. The van der Waals surface area contributed by atoms with Gasteiger partial charge in [-0.1, -0.05) is 133 Å². The molecule has 0 bridgehead atoms. The summed E-state index contributed by atoms with van der Waals surface area (Å²) in [6.07, 6.45) is 6.00. The molecule has 0 aromatic heterocycles. The second-order valence-corrected chi connectivity index (χ2v) is 20.1. The molecular formula is C57H74. The Hall–Kier alpha value is -3.90. The molecule has 4 aromatic rings. The molecule has 0 nitrogen and oxygen atoms in total. The second-order valence-electron chi connectivity index (χ2n) is 20.1. The number of hydrogen-bond acceptors (Lipinski definition) is 0. The normalized spacial score (nSPS) is 15.0. The molecule has 0 N–H and O–H groups in total. The summed E-state index contributed by atoms with van der Waals surface area (Å²) in [4.78, 5) is 0. The summed E-state index contributed by atoms with van der Waals surface area (Å²) in [5.41, 5.74) is 29.3. The van der Waals surface area contributed by atoms with Crippen molar-refractivity contribution in [3.63, 3.8) is 0 Å². The first-order valence-electron chi connectivity index (χ1n) is 22.3. The highest BCUT2D eigenvalue weighted by atomic mass is 14.5. The van der Waals surface area contributed by atoms with Crippen LogP contribution in [0.25, 0.3) is 33.1 Å². The van der Waals surface area contributed by atoms with Crippen molar-refractivity contribution >= 4 is 33.1 Å². The van der Waals surface area contributed by atoms with Crippen LogP contribution in [0, 0.1) is 33.1 Å². The minimum Gasteiger partial charge on any atom is -0.103 e. The van der Waals surface area contributed by atoms with Gasteiger partial charge in [0.25, 0.3) is 0 Å². The van der Waals surface area contributed by atoms with Crippen molar-refractivity contribution in [2.24, 2.45) is 5.41 Å². The lowest BCUT2D eigenvalue weighted by atomic mass is 9.65.